The zero-order valence-corrected chi connectivity index (χ0v) is 9.69. The van der Waals surface area contributed by atoms with Crippen LogP contribution in [0.4, 0.5) is 0 Å². The van der Waals surface area contributed by atoms with Crippen LogP contribution >= 0.6 is 0 Å². The fourth-order valence-electron chi connectivity index (χ4n) is 3.64. The van der Waals surface area contributed by atoms with Crippen molar-refractivity contribution in [1.82, 2.24) is 0 Å². The van der Waals surface area contributed by atoms with E-state index in [1.54, 1.807) is 0 Å². The maximum atomic E-state index is 11.6. The van der Waals surface area contributed by atoms with Crippen LogP contribution in [0.2, 0.25) is 0 Å². The van der Waals surface area contributed by atoms with Gasteiger partial charge in [0.1, 0.15) is 0 Å². The minimum Gasteiger partial charge on any atom is -0.469 e. The van der Waals surface area contributed by atoms with Crippen LogP contribution in [0.25, 0.3) is 0 Å². The van der Waals surface area contributed by atoms with Gasteiger partial charge >= 0.3 is 5.97 Å². The molecule has 0 spiro atoms. The van der Waals surface area contributed by atoms with Crippen LogP contribution in [0.5, 0.6) is 0 Å². The topological polar surface area (TPSA) is 46.5 Å². The van der Waals surface area contributed by atoms with Crippen LogP contribution in [-0.4, -0.2) is 24.3 Å². The van der Waals surface area contributed by atoms with Gasteiger partial charge in [-0.1, -0.05) is 13.8 Å². The maximum Gasteiger partial charge on any atom is 0.308 e. The first-order valence-electron chi connectivity index (χ1n) is 5.74. The van der Waals surface area contributed by atoms with Crippen molar-refractivity contribution in [3.63, 3.8) is 0 Å². The minimum atomic E-state index is -0.236. The molecule has 0 radical (unpaired) electrons. The monoisotopic (exact) mass is 212 g/mol. The Balaban J connectivity index is 2.23. The van der Waals surface area contributed by atoms with Crippen LogP contribution < -0.4 is 0 Å². The third-order valence-corrected chi connectivity index (χ3v) is 4.53. The van der Waals surface area contributed by atoms with E-state index in [-0.39, 0.29) is 23.4 Å². The molecule has 15 heavy (non-hydrogen) atoms. The summed E-state index contributed by atoms with van der Waals surface area (Å²) in [6, 6.07) is 0. The molecular formula is C12H20O3. The van der Waals surface area contributed by atoms with E-state index in [1.807, 2.05) is 0 Å². The number of hydrogen-bond acceptors (Lipinski definition) is 3. The molecule has 3 saturated carbocycles. The summed E-state index contributed by atoms with van der Waals surface area (Å²) in [6.45, 7) is 4.28. The van der Waals surface area contributed by atoms with Crippen molar-refractivity contribution in [3.05, 3.63) is 0 Å². The molecule has 0 aromatic heterocycles. The van der Waals surface area contributed by atoms with Gasteiger partial charge in [0.15, 0.2) is 0 Å². The standard InChI is InChI=1S/C12H20O3/c1-7-5-12(2)6-9(11(14)15-3)8(7)4-10(12)13/h7-10,13H,4-6H2,1-3H3/t7-,8-,9-,10-,12+/m1/s1. The Labute approximate surface area is 90.8 Å². The second-order valence-corrected chi connectivity index (χ2v) is 5.58. The zero-order chi connectivity index (χ0) is 11.2. The van der Waals surface area contributed by atoms with Gasteiger partial charge in [-0.25, -0.2) is 0 Å². The lowest BCUT2D eigenvalue weighted by molar-refractivity contribution is -0.167. The van der Waals surface area contributed by atoms with Gasteiger partial charge in [-0.15, -0.1) is 0 Å². The summed E-state index contributed by atoms with van der Waals surface area (Å²) in [6.07, 6.45) is 2.35. The highest BCUT2D eigenvalue weighted by molar-refractivity contribution is 5.73. The number of methoxy groups -OCH3 is 1. The van der Waals surface area contributed by atoms with Crippen LogP contribution in [0.3, 0.4) is 0 Å². The molecular weight excluding hydrogens is 192 g/mol. The molecule has 5 atom stereocenters. The highest BCUT2D eigenvalue weighted by Crippen LogP contribution is 2.55. The number of aliphatic hydroxyl groups excluding tert-OH is 1. The van der Waals surface area contributed by atoms with Crippen LogP contribution in [0, 0.1) is 23.2 Å². The van der Waals surface area contributed by atoms with Gasteiger partial charge in [-0.2, -0.15) is 0 Å². The second kappa shape index (κ2) is 3.48. The van der Waals surface area contributed by atoms with Gasteiger partial charge in [-0.05, 0) is 36.5 Å². The van der Waals surface area contributed by atoms with E-state index in [2.05, 4.69) is 13.8 Å². The molecule has 0 aromatic carbocycles. The number of carbonyl (C=O) groups is 1. The number of carbonyl (C=O) groups excluding carboxylic acids is 1. The Morgan fingerprint density at radius 2 is 2.13 bits per heavy atom. The molecule has 0 unspecified atom stereocenters. The van der Waals surface area contributed by atoms with E-state index < -0.39 is 0 Å². The van der Waals surface area contributed by atoms with Crippen LogP contribution in [-0.2, 0) is 9.53 Å². The SMILES string of the molecule is COC(=O)[C@@H]1C[C@]2(C)C[C@@H](C)[C@H]1C[C@H]2O. The Morgan fingerprint density at radius 3 is 2.67 bits per heavy atom. The average Bonchev–Trinajstić information content (AvgIpc) is 2.18. The van der Waals surface area contributed by atoms with Gasteiger partial charge in [-0.3, -0.25) is 4.79 Å². The number of rotatable bonds is 1. The Morgan fingerprint density at radius 1 is 1.47 bits per heavy atom. The Bertz CT molecular complexity index is 276. The first-order valence-corrected chi connectivity index (χ1v) is 5.74. The number of hydrogen-bond donors (Lipinski definition) is 1. The molecule has 86 valence electrons. The van der Waals surface area contributed by atoms with Gasteiger partial charge < -0.3 is 9.84 Å². The molecule has 0 amide bonds. The normalized spacial score (nSPS) is 49.1. The fourth-order valence-corrected chi connectivity index (χ4v) is 3.64. The number of esters is 1. The van der Waals surface area contributed by atoms with E-state index in [9.17, 15) is 9.90 Å². The molecule has 3 heteroatoms. The van der Waals surface area contributed by atoms with Crippen molar-refractivity contribution in [2.45, 2.75) is 39.2 Å². The van der Waals surface area contributed by atoms with Crippen molar-refractivity contribution in [2.75, 3.05) is 7.11 Å². The molecule has 3 aliphatic rings. The molecule has 0 saturated heterocycles. The second-order valence-electron chi connectivity index (χ2n) is 5.58. The van der Waals surface area contributed by atoms with Gasteiger partial charge in [0.25, 0.3) is 0 Å². The lowest BCUT2D eigenvalue weighted by Crippen LogP contribution is -2.53. The Hall–Kier alpha value is -0.570. The zero-order valence-electron chi connectivity index (χ0n) is 9.69. The fraction of sp³-hybridized carbons (Fsp3) is 0.917. The summed E-state index contributed by atoms with van der Waals surface area (Å²) in [5.41, 5.74) is -0.0764. The molecule has 0 aromatic rings. The smallest absolute Gasteiger partial charge is 0.308 e. The van der Waals surface area contributed by atoms with Crippen molar-refractivity contribution < 1.29 is 14.6 Å². The molecule has 0 aliphatic heterocycles. The number of aliphatic hydroxyl groups is 1. The summed E-state index contributed by atoms with van der Waals surface area (Å²) in [4.78, 5) is 11.6. The summed E-state index contributed by atoms with van der Waals surface area (Å²) < 4.78 is 4.85. The van der Waals surface area contributed by atoms with Crippen molar-refractivity contribution >= 4 is 5.97 Å². The van der Waals surface area contributed by atoms with E-state index in [0.29, 0.717) is 11.8 Å². The molecule has 3 fully saturated rings. The van der Waals surface area contributed by atoms with Gasteiger partial charge in [0, 0.05) is 0 Å². The molecule has 3 rings (SSSR count). The highest BCUT2D eigenvalue weighted by Gasteiger charge is 2.54. The average molecular weight is 212 g/mol. The lowest BCUT2D eigenvalue weighted by atomic mass is 9.52. The molecule has 3 nitrogen and oxygen atoms in total. The summed E-state index contributed by atoms with van der Waals surface area (Å²) >= 11 is 0. The largest absolute Gasteiger partial charge is 0.469 e. The number of ether oxygens (including phenoxy) is 1. The third kappa shape index (κ3) is 1.57. The third-order valence-electron chi connectivity index (χ3n) is 4.53. The highest BCUT2D eigenvalue weighted by atomic mass is 16.5. The Kier molecular flexibility index (Phi) is 2.53. The molecule has 1 N–H and O–H groups in total. The molecule has 3 aliphatic carbocycles. The van der Waals surface area contributed by atoms with E-state index in [0.717, 1.165) is 19.3 Å². The van der Waals surface area contributed by atoms with Gasteiger partial charge in [0.2, 0.25) is 0 Å². The molecule has 0 heterocycles. The predicted octanol–water partition coefficient (Wildman–Crippen LogP) is 1.59. The van der Waals surface area contributed by atoms with Gasteiger partial charge in [0.05, 0.1) is 19.1 Å². The summed E-state index contributed by atoms with van der Waals surface area (Å²) in [5.74, 6) is 0.752. The summed E-state index contributed by atoms with van der Waals surface area (Å²) in [7, 11) is 1.45. The molecule has 2 bridgehead atoms. The number of fused-ring (bicyclic) bond motifs is 3. The predicted molar refractivity (Wildman–Crippen MR) is 56.1 cm³/mol. The minimum absolute atomic E-state index is 0.00662. The van der Waals surface area contributed by atoms with E-state index in [1.165, 1.54) is 7.11 Å². The van der Waals surface area contributed by atoms with E-state index in [4.69, 9.17) is 4.74 Å². The van der Waals surface area contributed by atoms with Crippen molar-refractivity contribution in [2.24, 2.45) is 23.2 Å². The van der Waals surface area contributed by atoms with Crippen molar-refractivity contribution in [1.29, 1.82) is 0 Å². The van der Waals surface area contributed by atoms with E-state index >= 15 is 0 Å². The first-order chi connectivity index (χ1) is 6.98. The first kappa shape index (κ1) is 10.9. The maximum absolute atomic E-state index is 11.6. The van der Waals surface area contributed by atoms with Crippen LogP contribution in [0.1, 0.15) is 33.1 Å². The van der Waals surface area contributed by atoms with Crippen LogP contribution in [0.15, 0.2) is 0 Å². The quantitative estimate of drug-likeness (QED) is 0.671. The lowest BCUT2D eigenvalue weighted by Gasteiger charge is -2.54. The van der Waals surface area contributed by atoms with Crippen molar-refractivity contribution in [3.8, 4) is 0 Å². The summed E-state index contributed by atoms with van der Waals surface area (Å²) in [5, 5.41) is 10.00.